The number of hydrogen-bond acceptors (Lipinski definition) is 5. The van der Waals surface area contributed by atoms with Crippen LogP contribution in [0.4, 0.5) is 0 Å². The zero-order chi connectivity index (χ0) is 17.6. The molecule has 126 valence electrons. The van der Waals surface area contributed by atoms with Crippen LogP contribution in [0.1, 0.15) is 44.7 Å². The summed E-state index contributed by atoms with van der Waals surface area (Å²) in [6, 6.07) is 1.67. The maximum absolute atomic E-state index is 11.0. The summed E-state index contributed by atoms with van der Waals surface area (Å²) in [6.45, 7) is -0.505. The van der Waals surface area contributed by atoms with Crippen LogP contribution < -0.4 is 5.73 Å². The van der Waals surface area contributed by atoms with Crippen molar-refractivity contribution in [3.05, 3.63) is 34.4 Å². The predicted octanol–water partition coefficient (Wildman–Crippen LogP) is 0.352. The average Bonchev–Trinajstić information content (AvgIpc) is 2.53. The van der Waals surface area contributed by atoms with Crippen LogP contribution in [0, 0.1) is 0 Å². The quantitative estimate of drug-likeness (QED) is 0.530. The first-order chi connectivity index (χ1) is 10.8. The molecule has 0 aliphatic heterocycles. The van der Waals surface area contributed by atoms with Crippen molar-refractivity contribution in [2.24, 2.45) is 5.73 Å². The topological polar surface area (TPSA) is 158 Å². The Hall–Kier alpha value is -2.45. The van der Waals surface area contributed by atoms with E-state index in [-0.39, 0.29) is 11.1 Å². The Morgan fingerprint density at radius 2 is 1.35 bits per heavy atom. The Labute approximate surface area is 132 Å². The second-order valence-corrected chi connectivity index (χ2v) is 5.06. The number of aliphatic hydroxyl groups is 1. The first-order valence-electron chi connectivity index (χ1n) is 7.00. The molecule has 8 nitrogen and oxygen atoms in total. The molecular weight excluding hydrogens is 306 g/mol. The third-order valence-electron chi connectivity index (χ3n) is 3.51. The lowest BCUT2D eigenvalue weighted by molar-refractivity contribution is -0.139. The van der Waals surface area contributed by atoms with Crippen LogP contribution in [-0.2, 0) is 17.6 Å². The molecule has 0 fully saturated rings. The molecule has 0 unspecified atom stereocenters. The minimum absolute atomic E-state index is 0.250. The zero-order valence-corrected chi connectivity index (χ0v) is 12.4. The van der Waals surface area contributed by atoms with Gasteiger partial charge in [0.25, 0.3) is 0 Å². The molecule has 0 saturated heterocycles. The molecule has 0 spiro atoms. The molecule has 2 rings (SSSR count). The highest BCUT2D eigenvalue weighted by atomic mass is 16.4. The maximum atomic E-state index is 11.0. The van der Waals surface area contributed by atoms with Gasteiger partial charge in [0.1, 0.15) is 6.04 Å². The van der Waals surface area contributed by atoms with Crippen molar-refractivity contribution in [2.45, 2.75) is 31.7 Å². The summed E-state index contributed by atoms with van der Waals surface area (Å²) in [6.07, 6.45) is 3.18. The molecule has 6 N–H and O–H groups in total. The van der Waals surface area contributed by atoms with E-state index >= 15 is 0 Å². The van der Waals surface area contributed by atoms with E-state index < -0.39 is 30.6 Å². The van der Waals surface area contributed by atoms with Crippen molar-refractivity contribution in [3.8, 4) is 0 Å². The van der Waals surface area contributed by atoms with Crippen LogP contribution in [0.15, 0.2) is 12.1 Å². The Morgan fingerprint density at radius 3 is 1.57 bits per heavy atom. The van der Waals surface area contributed by atoms with Crippen molar-refractivity contribution in [3.63, 3.8) is 0 Å². The molecule has 0 heterocycles. The van der Waals surface area contributed by atoms with Gasteiger partial charge >= 0.3 is 17.9 Å². The van der Waals surface area contributed by atoms with E-state index in [1.807, 2.05) is 0 Å². The second kappa shape index (κ2) is 8.25. The number of rotatable bonds is 4. The lowest BCUT2D eigenvalue weighted by atomic mass is 9.85. The fraction of sp³-hybridized carbons (Fsp3) is 0.400. The van der Waals surface area contributed by atoms with Gasteiger partial charge in [-0.3, -0.25) is 4.79 Å². The van der Waals surface area contributed by atoms with Crippen molar-refractivity contribution in [2.75, 3.05) is 6.61 Å². The summed E-state index contributed by atoms with van der Waals surface area (Å²) in [4.78, 5) is 31.7. The van der Waals surface area contributed by atoms with Gasteiger partial charge in [0.2, 0.25) is 0 Å². The number of carboxylic acid groups (broad SMARTS) is 3. The molecule has 1 aromatic rings. The molecule has 0 saturated carbocycles. The van der Waals surface area contributed by atoms with Crippen molar-refractivity contribution in [1.82, 2.24) is 0 Å². The molecule has 1 aliphatic carbocycles. The number of benzene rings is 1. The predicted molar refractivity (Wildman–Crippen MR) is 79.7 cm³/mol. The van der Waals surface area contributed by atoms with E-state index in [0.29, 0.717) is 24.0 Å². The number of aromatic carboxylic acids is 2. The average molecular weight is 325 g/mol. The molecule has 23 heavy (non-hydrogen) atoms. The summed E-state index contributed by atoms with van der Waals surface area (Å²) < 4.78 is 0. The Balaban J connectivity index is 0.000000322. The van der Waals surface area contributed by atoms with Gasteiger partial charge in [0, 0.05) is 0 Å². The molecule has 0 radical (unpaired) electrons. The van der Waals surface area contributed by atoms with Gasteiger partial charge < -0.3 is 26.2 Å². The minimum Gasteiger partial charge on any atom is -0.480 e. The van der Waals surface area contributed by atoms with Gasteiger partial charge in [-0.15, -0.1) is 0 Å². The molecule has 8 heteroatoms. The fourth-order valence-electron chi connectivity index (χ4n) is 2.35. The third-order valence-corrected chi connectivity index (χ3v) is 3.51. The molecule has 1 aliphatic rings. The van der Waals surface area contributed by atoms with E-state index in [1.54, 1.807) is 0 Å². The van der Waals surface area contributed by atoms with E-state index in [9.17, 15) is 14.4 Å². The fourth-order valence-corrected chi connectivity index (χ4v) is 2.35. The summed E-state index contributed by atoms with van der Waals surface area (Å²) in [5.41, 5.74) is 6.68. The molecule has 1 atom stereocenters. The standard InChI is InChI=1S/C12H12O4.C3H7NO3/c13-11(14)9-5-6-10(12(15)16)8-4-2-1-3-7(8)9;4-2(1-5)3(6)7/h5-6H,1-4H2,(H,13,14)(H,15,16);2,5H,1,4H2,(H,6,7)/t;2-/m.0/s1. The van der Waals surface area contributed by atoms with E-state index in [0.717, 1.165) is 12.8 Å². The summed E-state index contributed by atoms with van der Waals surface area (Å²) in [5, 5.41) is 33.9. The number of fused-ring (bicyclic) bond motifs is 1. The number of nitrogens with two attached hydrogens (primary N) is 1. The van der Waals surface area contributed by atoms with Crippen molar-refractivity contribution >= 4 is 17.9 Å². The van der Waals surface area contributed by atoms with Crippen LogP contribution >= 0.6 is 0 Å². The highest BCUT2D eigenvalue weighted by molar-refractivity contribution is 5.95. The lowest BCUT2D eigenvalue weighted by Crippen LogP contribution is -2.33. The number of hydrogen-bond donors (Lipinski definition) is 5. The van der Waals surface area contributed by atoms with Gasteiger partial charge in [-0.1, -0.05) is 0 Å². The molecule has 0 bridgehead atoms. The van der Waals surface area contributed by atoms with Crippen LogP contribution in [-0.4, -0.2) is 51.0 Å². The zero-order valence-electron chi connectivity index (χ0n) is 12.4. The number of carbonyl (C=O) groups is 3. The van der Waals surface area contributed by atoms with E-state index in [4.69, 9.17) is 26.2 Å². The first-order valence-corrected chi connectivity index (χ1v) is 7.00. The number of aliphatic hydroxyl groups excluding tert-OH is 1. The van der Waals surface area contributed by atoms with Crippen molar-refractivity contribution < 1.29 is 34.8 Å². The monoisotopic (exact) mass is 325 g/mol. The summed E-state index contributed by atoms with van der Waals surface area (Å²) in [7, 11) is 0. The van der Waals surface area contributed by atoms with Gasteiger partial charge in [-0.25, -0.2) is 9.59 Å². The number of carboxylic acids is 3. The molecule has 1 aromatic carbocycles. The van der Waals surface area contributed by atoms with E-state index in [1.165, 1.54) is 12.1 Å². The van der Waals surface area contributed by atoms with Crippen LogP contribution in [0.3, 0.4) is 0 Å². The minimum atomic E-state index is -1.18. The largest absolute Gasteiger partial charge is 0.480 e. The van der Waals surface area contributed by atoms with Crippen LogP contribution in [0.5, 0.6) is 0 Å². The van der Waals surface area contributed by atoms with Gasteiger partial charge in [0.15, 0.2) is 0 Å². The van der Waals surface area contributed by atoms with Gasteiger partial charge in [-0.2, -0.15) is 0 Å². The van der Waals surface area contributed by atoms with Crippen LogP contribution in [0.25, 0.3) is 0 Å². The first kappa shape index (κ1) is 18.6. The highest BCUT2D eigenvalue weighted by Gasteiger charge is 2.22. The van der Waals surface area contributed by atoms with Crippen molar-refractivity contribution in [1.29, 1.82) is 0 Å². The summed E-state index contributed by atoms with van der Waals surface area (Å²) >= 11 is 0. The Morgan fingerprint density at radius 1 is 0.957 bits per heavy atom. The highest BCUT2D eigenvalue weighted by Crippen LogP contribution is 2.27. The second-order valence-electron chi connectivity index (χ2n) is 5.06. The lowest BCUT2D eigenvalue weighted by Gasteiger charge is -2.19. The van der Waals surface area contributed by atoms with Crippen LogP contribution in [0.2, 0.25) is 0 Å². The summed E-state index contributed by atoms with van der Waals surface area (Å²) in [5.74, 6) is -3.13. The SMILES string of the molecule is N[C@@H](CO)C(=O)O.O=C(O)c1ccc(C(=O)O)c2c1CCCC2. The van der Waals surface area contributed by atoms with Gasteiger partial charge in [0.05, 0.1) is 17.7 Å². The Bertz CT molecular complexity index is 569. The van der Waals surface area contributed by atoms with Gasteiger partial charge in [-0.05, 0) is 48.9 Å². The normalized spacial score (nSPS) is 14.0. The molecular formula is C15H19NO7. The third kappa shape index (κ3) is 4.76. The Kier molecular flexibility index (Phi) is 6.67. The number of aliphatic carboxylic acids is 1. The molecule has 0 amide bonds. The maximum Gasteiger partial charge on any atom is 0.335 e. The molecule has 0 aromatic heterocycles. The smallest absolute Gasteiger partial charge is 0.335 e. The van der Waals surface area contributed by atoms with E-state index in [2.05, 4.69) is 0 Å².